The molecular weight excluding hydrogens is 188 g/mol. The zero-order valence-electron chi connectivity index (χ0n) is 7.46. The topological polar surface area (TPSA) is 20.3 Å². The molecular formula is C10H9F2NO. The molecule has 2 nitrogen and oxygen atoms in total. The summed E-state index contributed by atoms with van der Waals surface area (Å²) in [5, 5.41) is 0. The Hall–Kier alpha value is -1.45. The largest absolute Gasteiger partial charge is 0.364 e. The van der Waals surface area contributed by atoms with Gasteiger partial charge in [-0.25, -0.2) is 8.78 Å². The summed E-state index contributed by atoms with van der Waals surface area (Å²) in [5.74, 6) is -1.12. The second kappa shape index (κ2) is 3.36. The van der Waals surface area contributed by atoms with Crippen molar-refractivity contribution < 1.29 is 13.6 Å². The zero-order chi connectivity index (χ0) is 10.1. The summed E-state index contributed by atoms with van der Waals surface area (Å²) in [4.78, 5) is 12.6. The number of ketones is 1. The molecule has 0 amide bonds. The molecule has 1 aromatic carbocycles. The number of hydrogen-bond donors (Lipinski definition) is 0. The Kier molecular flexibility index (Phi) is 2.19. The van der Waals surface area contributed by atoms with Crippen LogP contribution >= 0.6 is 0 Å². The Morgan fingerprint density at radius 3 is 2.29 bits per heavy atom. The van der Waals surface area contributed by atoms with Crippen molar-refractivity contribution in [2.24, 2.45) is 0 Å². The lowest BCUT2D eigenvalue weighted by molar-refractivity contribution is -0.116. The summed E-state index contributed by atoms with van der Waals surface area (Å²) in [6.45, 7) is 0.796. The van der Waals surface area contributed by atoms with E-state index in [9.17, 15) is 13.6 Å². The number of nitrogens with zero attached hydrogens (tertiary/aromatic N) is 1. The van der Waals surface area contributed by atoms with Gasteiger partial charge in [-0.3, -0.25) is 4.79 Å². The summed E-state index contributed by atoms with van der Waals surface area (Å²) in [6.07, 6.45) is 0.456. The van der Waals surface area contributed by atoms with Crippen LogP contribution in [0.5, 0.6) is 0 Å². The molecule has 0 N–H and O–H groups in total. The van der Waals surface area contributed by atoms with Crippen molar-refractivity contribution in [1.29, 1.82) is 0 Å². The van der Waals surface area contributed by atoms with E-state index < -0.39 is 11.6 Å². The number of carbonyl (C=O) groups excluding carboxylic acids is 1. The SMILES string of the molecule is O=C1CCN(c2cc(F)cc(F)c2)C1. The lowest BCUT2D eigenvalue weighted by Crippen LogP contribution is -2.19. The minimum atomic E-state index is -0.612. The molecule has 4 heteroatoms. The van der Waals surface area contributed by atoms with Crippen LogP contribution in [0.1, 0.15) is 6.42 Å². The number of benzene rings is 1. The minimum Gasteiger partial charge on any atom is -0.364 e. The molecule has 1 aromatic rings. The molecule has 0 unspecified atom stereocenters. The summed E-state index contributed by atoms with van der Waals surface area (Å²) in [7, 11) is 0. The van der Waals surface area contributed by atoms with Gasteiger partial charge >= 0.3 is 0 Å². The van der Waals surface area contributed by atoms with Gasteiger partial charge in [-0.15, -0.1) is 0 Å². The molecule has 1 heterocycles. The van der Waals surface area contributed by atoms with Crippen molar-refractivity contribution >= 4 is 11.5 Å². The molecule has 0 spiro atoms. The van der Waals surface area contributed by atoms with Crippen molar-refractivity contribution in [3.05, 3.63) is 29.8 Å². The van der Waals surface area contributed by atoms with Crippen LogP contribution in [0.3, 0.4) is 0 Å². The second-order valence-corrected chi connectivity index (χ2v) is 3.34. The molecule has 0 saturated carbocycles. The number of hydrogen-bond acceptors (Lipinski definition) is 2. The summed E-state index contributed by atoms with van der Waals surface area (Å²) >= 11 is 0. The summed E-state index contributed by atoms with van der Waals surface area (Å²) < 4.78 is 25.7. The van der Waals surface area contributed by atoms with Gasteiger partial charge in [0.2, 0.25) is 0 Å². The molecule has 0 aliphatic carbocycles. The van der Waals surface area contributed by atoms with Gasteiger partial charge in [-0.05, 0) is 12.1 Å². The van der Waals surface area contributed by atoms with Crippen molar-refractivity contribution in [3.8, 4) is 0 Å². The van der Waals surface area contributed by atoms with E-state index in [-0.39, 0.29) is 12.3 Å². The van der Waals surface area contributed by atoms with Gasteiger partial charge in [-0.1, -0.05) is 0 Å². The first-order valence-corrected chi connectivity index (χ1v) is 4.38. The van der Waals surface area contributed by atoms with Crippen molar-refractivity contribution in [3.63, 3.8) is 0 Å². The third-order valence-corrected chi connectivity index (χ3v) is 2.24. The molecule has 1 fully saturated rings. The lowest BCUT2D eigenvalue weighted by atomic mass is 10.3. The second-order valence-electron chi connectivity index (χ2n) is 3.34. The number of anilines is 1. The molecule has 1 aliphatic rings. The number of carbonyl (C=O) groups is 1. The van der Waals surface area contributed by atoms with E-state index in [1.54, 1.807) is 4.90 Å². The molecule has 1 aliphatic heterocycles. The van der Waals surface area contributed by atoms with E-state index in [0.29, 0.717) is 18.7 Å². The molecule has 0 aromatic heterocycles. The van der Waals surface area contributed by atoms with Gasteiger partial charge in [0.25, 0.3) is 0 Å². The fraction of sp³-hybridized carbons (Fsp3) is 0.300. The third-order valence-electron chi connectivity index (χ3n) is 2.24. The average Bonchev–Trinajstić information content (AvgIpc) is 2.50. The first-order chi connectivity index (χ1) is 6.65. The summed E-state index contributed by atoms with van der Waals surface area (Å²) in [5.41, 5.74) is 0.438. The third kappa shape index (κ3) is 1.73. The molecule has 0 radical (unpaired) electrons. The molecule has 2 rings (SSSR count). The highest BCUT2D eigenvalue weighted by Gasteiger charge is 2.20. The Labute approximate surface area is 80.1 Å². The fourth-order valence-electron chi connectivity index (χ4n) is 1.57. The number of Topliss-reactive ketones (excluding diaryl/α,β-unsaturated/α-hetero) is 1. The van der Waals surface area contributed by atoms with E-state index in [1.807, 2.05) is 0 Å². The molecule has 0 atom stereocenters. The Balaban J connectivity index is 2.27. The maximum absolute atomic E-state index is 12.8. The number of halogens is 2. The smallest absolute Gasteiger partial charge is 0.153 e. The Bertz CT molecular complexity index is 358. The van der Waals surface area contributed by atoms with Gasteiger partial charge in [-0.2, -0.15) is 0 Å². The van der Waals surface area contributed by atoms with Crippen LogP contribution in [0.15, 0.2) is 18.2 Å². The van der Waals surface area contributed by atoms with E-state index in [0.717, 1.165) is 6.07 Å². The van der Waals surface area contributed by atoms with Gasteiger partial charge in [0.15, 0.2) is 5.78 Å². The highest BCUT2D eigenvalue weighted by molar-refractivity contribution is 5.87. The van der Waals surface area contributed by atoms with E-state index in [1.165, 1.54) is 12.1 Å². The van der Waals surface area contributed by atoms with Crippen LogP contribution in [-0.2, 0) is 4.79 Å². The van der Waals surface area contributed by atoms with Crippen molar-refractivity contribution in [1.82, 2.24) is 0 Å². The highest BCUT2D eigenvalue weighted by Crippen LogP contribution is 2.20. The average molecular weight is 197 g/mol. The fourth-order valence-corrected chi connectivity index (χ4v) is 1.57. The molecule has 74 valence electrons. The van der Waals surface area contributed by atoms with Crippen LogP contribution in [-0.4, -0.2) is 18.9 Å². The predicted octanol–water partition coefficient (Wildman–Crippen LogP) is 1.74. The molecule has 1 saturated heterocycles. The molecule has 0 bridgehead atoms. The van der Waals surface area contributed by atoms with E-state index in [2.05, 4.69) is 0 Å². The van der Waals surface area contributed by atoms with Crippen molar-refractivity contribution in [2.45, 2.75) is 6.42 Å². The van der Waals surface area contributed by atoms with Crippen LogP contribution in [0.2, 0.25) is 0 Å². The Morgan fingerprint density at radius 2 is 1.79 bits per heavy atom. The van der Waals surface area contributed by atoms with Crippen LogP contribution in [0.4, 0.5) is 14.5 Å². The zero-order valence-corrected chi connectivity index (χ0v) is 7.46. The van der Waals surface area contributed by atoms with Gasteiger partial charge in [0, 0.05) is 24.7 Å². The van der Waals surface area contributed by atoms with Crippen LogP contribution in [0, 0.1) is 11.6 Å². The normalized spacial score (nSPS) is 16.4. The first kappa shape index (κ1) is 9.12. The maximum atomic E-state index is 12.8. The van der Waals surface area contributed by atoms with E-state index in [4.69, 9.17) is 0 Å². The van der Waals surface area contributed by atoms with Crippen molar-refractivity contribution in [2.75, 3.05) is 18.0 Å². The number of rotatable bonds is 1. The van der Waals surface area contributed by atoms with Gasteiger partial charge < -0.3 is 4.90 Å². The van der Waals surface area contributed by atoms with E-state index >= 15 is 0 Å². The maximum Gasteiger partial charge on any atom is 0.153 e. The lowest BCUT2D eigenvalue weighted by Gasteiger charge is -2.16. The van der Waals surface area contributed by atoms with Gasteiger partial charge in [0.05, 0.1) is 6.54 Å². The Morgan fingerprint density at radius 1 is 1.14 bits per heavy atom. The standard InChI is InChI=1S/C10H9F2NO/c11-7-3-8(12)5-9(4-7)13-2-1-10(14)6-13/h3-5H,1-2,6H2. The van der Waals surface area contributed by atoms with Gasteiger partial charge in [0.1, 0.15) is 11.6 Å². The predicted molar refractivity (Wildman–Crippen MR) is 48.2 cm³/mol. The van der Waals surface area contributed by atoms with Crippen LogP contribution in [0.25, 0.3) is 0 Å². The summed E-state index contributed by atoms with van der Waals surface area (Å²) in [6, 6.07) is 3.30. The molecule has 14 heavy (non-hydrogen) atoms. The highest BCUT2D eigenvalue weighted by atomic mass is 19.1. The first-order valence-electron chi connectivity index (χ1n) is 4.38. The quantitative estimate of drug-likeness (QED) is 0.683. The van der Waals surface area contributed by atoms with Crippen LogP contribution < -0.4 is 4.90 Å². The monoisotopic (exact) mass is 197 g/mol. The minimum absolute atomic E-state index is 0.106.